The summed E-state index contributed by atoms with van der Waals surface area (Å²) in [5.41, 5.74) is -0.204. The average Bonchev–Trinajstić information content (AvgIpc) is 2.40. The highest BCUT2D eigenvalue weighted by molar-refractivity contribution is 7.90. The minimum absolute atomic E-state index is 0.0440. The highest BCUT2D eigenvalue weighted by Crippen LogP contribution is 2.26. The predicted molar refractivity (Wildman–Crippen MR) is 73.0 cm³/mol. The number of hydrogen-bond donors (Lipinski definition) is 1. The standard InChI is InChI=1S/C14H11FO5S/c1-21(18,19)11-4-2-3-10(8-11)20-13-6-5-9(14(16)17)7-12(13)15/h2-8H,1H3,(H,16,17). The smallest absolute Gasteiger partial charge is 0.335 e. The Bertz CT molecular complexity index is 799. The topological polar surface area (TPSA) is 80.7 Å². The molecule has 0 amide bonds. The number of hydrogen-bond acceptors (Lipinski definition) is 4. The van der Waals surface area contributed by atoms with Crippen molar-refractivity contribution in [3.8, 4) is 11.5 Å². The molecule has 0 fully saturated rings. The van der Waals surface area contributed by atoms with Crippen molar-refractivity contribution in [2.24, 2.45) is 0 Å². The second-order valence-electron chi connectivity index (χ2n) is 4.30. The van der Waals surface area contributed by atoms with Gasteiger partial charge in [-0.05, 0) is 36.4 Å². The van der Waals surface area contributed by atoms with Crippen LogP contribution in [0.4, 0.5) is 4.39 Å². The SMILES string of the molecule is CS(=O)(=O)c1cccc(Oc2ccc(C(=O)O)cc2F)c1. The van der Waals surface area contributed by atoms with Gasteiger partial charge in [-0.15, -0.1) is 0 Å². The molecular formula is C14H11FO5S. The lowest BCUT2D eigenvalue weighted by Crippen LogP contribution is -1.99. The predicted octanol–water partition coefficient (Wildman–Crippen LogP) is 2.72. The first-order chi connectivity index (χ1) is 9.77. The molecule has 0 aliphatic rings. The van der Waals surface area contributed by atoms with Gasteiger partial charge in [0, 0.05) is 6.26 Å². The number of aromatic carboxylic acids is 1. The van der Waals surface area contributed by atoms with Crippen molar-refractivity contribution in [3.05, 3.63) is 53.8 Å². The van der Waals surface area contributed by atoms with Gasteiger partial charge in [-0.25, -0.2) is 17.6 Å². The molecule has 0 saturated heterocycles. The minimum atomic E-state index is -3.40. The van der Waals surface area contributed by atoms with Crippen LogP contribution >= 0.6 is 0 Å². The van der Waals surface area contributed by atoms with Crippen molar-refractivity contribution in [1.29, 1.82) is 0 Å². The fourth-order valence-corrected chi connectivity index (χ4v) is 2.27. The van der Waals surface area contributed by atoms with Crippen molar-refractivity contribution < 1.29 is 27.4 Å². The molecule has 0 spiro atoms. The molecule has 0 heterocycles. The summed E-state index contributed by atoms with van der Waals surface area (Å²) in [6.07, 6.45) is 1.05. The van der Waals surface area contributed by atoms with Crippen LogP contribution in [0.3, 0.4) is 0 Å². The van der Waals surface area contributed by atoms with E-state index in [1.165, 1.54) is 36.4 Å². The molecule has 0 aliphatic heterocycles. The first-order valence-electron chi connectivity index (χ1n) is 5.78. The molecule has 7 heteroatoms. The largest absolute Gasteiger partial charge is 0.478 e. The van der Waals surface area contributed by atoms with Gasteiger partial charge in [0.25, 0.3) is 0 Å². The third-order valence-corrected chi connectivity index (χ3v) is 3.75. The molecule has 0 bridgehead atoms. The quantitative estimate of drug-likeness (QED) is 0.939. The van der Waals surface area contributed by atoms with E-state index < -0.39 is 21.6 Å². The molecule has 110 valence electrons. The lowest BCUT2D eigenvalue weighted by Gasteiger charge is -2.08. The van der Waals surface area contributed by atoms with Gasteiger partial charge in [-0.3, -0.25) is 0 Å². The van der Waals surface area contributed by atoms with Gasteiger partial charge in [-0.2, -0.15) is 0 Å². The maximum absolute atomic E-state index is 13.7. The summed E-state index contributed by atoms with van der Waals surface area (Å²) < 4.78 is 41.8. The van der Waals surface area contributed by atoms with Crippen LogP contribution in [-0.4, -0.2) is 25.7 Å². The van der Waals surface area contributed by atoms with Gasteiger partial charge in [0.15, 0.2) is 21.4 Å². The van der Waals surface area contributed by atoms with Gasteiger partial charge in [0.1, 0.15) is 5.75 Å². The number of benzene rings is 2. The fourth-order valence-electron chi connectivity index (χ4n) is 1.61. The molecule has 0 aromatic heterocycles. The number of carboxylic acids is 1. The Balaban J connectivity index is 2.33. The summed E-state index contributed by atoms with van der Waals surface area (Å²) in [5.74, 6) is -2.15. The number of halogens is 1. The number of sulfone groups is 1. The van der Waals surface area contributed by atoms with E-state index in [2.05, 4.69) is 0 Å². The summed E-state index contributed by atoms with van der Waals surface area (Å²) in [6.45, 7) is 0. The normalized spacial score (nSPS) is 11.1. The Kier molecular flexibility index (Phi) is 3.95. The van der Waals surface area contributed by atoms with Crippen LogP contribution in [0.15, 0.2) is 47.4 Å². The van der Waals surface area contributed by atoms with Crippen LogP contribution in [0.25, 0.3) is 0 Å². The highest BCUT2D eigenvalue weighted by Gasteiger charge is 2.12. The van der Waals surface area contributed by atoms with Crippen LogP contribution < -0.4 is 4.74 Å². The molecule has 5 nitrogen and oxygen atoms in total. The number of rotatable bonds is 4. The molecule has 2 rings (SSSR count). The Morgan fingerprint density at radius 1 is 1.19 bits per heavy atom. The first-order valence-corrected chi connectivity index (χ1v) is 7.67. The van der Waals surface area contributed by atoms with Gasteiger partial charge in [0.2, 0.25) is 0 Å². The lowest BCUT2D eigenvalue weighted by atomic mass is 10.2. The van der Waals surface area contributed by atoms with Crippen LogP contribution in [-0.2, 0) is 9.84 Å². The maximum atomic E-state index is 13.7. The van der Waals surface area contributed by atoms with Crippen LogP contribution in [0.5, 0.6) is 11.5 Å². The number of ether oxygens (including phenoxy) is 1. The van der Waals surface area contributed by atoms with Gasteiger partial charge in [0.05, 0.1) is 10.5 Å². The monoisotopic (exact) mass is 310 g/mol. The van der Waals surface area contributed by atoms with Gasteiger partial charge < -0.3 is 9.84 Å². The minimum Gasteiger partial charge on any atom is -0.478 e. The second-order valence-corrected chi connectivity index (χ2v) is 6.32. The van der Waals surface area contributed by atoms with Gasteiger partial charge >= 0.3 is 5.97 Å². The molecule has 1 N–H and O–H groups in total. The van der Waals surface area contributed by atoms with E-state index in [4.69, 9.17) is 9.84 Å². The Hall–Kier alpha value is -2.41. The maximum Gasteiger partial charge on any atom is 0.335 e. The molecule has 2 aromatic carbocycles. The van der Waals surface area contributed by atoms with E-state index >= 15 is 0 Å². The van der Waals surface area contributed by atoms with E-state index in [1.807, 2.05) is 0 Å². The van der Waals surface area contributed by atoms with Crippen LogP contribution in [0.2, 0.25) is 0 Å². The zero-order chi connectivity index (χ0) is 15.6. The fraction of sp³-hybridized carbons (Fsp3) is 0.0714. The van der Waals surface area contributed by atoms with Crippen molar-refractivity contribution >= 4 is 15.8 Å². The molecule has 2 aromatic rings. The van der Waals surface area contributed by atoms with Crippen molar-refractivity contribution in [2.45, 2.75) is 4.90 Å². The summed E-state index contributed by atoms with van der Waals surface area (Å²) in [4.78, 5) is 10.7. The Morgan fingerprint density at radius 3 is 2.48 bits per heavy atom. The number of carboxylic acid groups (broad SMARTS) is 1. The van der Waals surface area contributed by atoms with E-state index in [0.717, 1.165) is 12.3 Å². The molecule has 0 aliphatic carbocycles. The Labute approximate surface area is 120 Å². The van der Waals surface area contributed by atoms with Crippen molar-refractivity contribution in [1.82, 2.24) is 0 Å². The molecule has 21 heavy (non-hydrogen) atoms. The zero-order valence-electron chi connectivity index (χ0n) is 10.9. The first kappa shape index (κ1) is 15.0. The van der Waals surface area contributed by atoms with Crippen molar-refractivity contribution in [2.75, 3.05) is 6.26 Å². The van der Waals surface area contributed by atoms with E-state index in [1.54, 1.807) is 0 Å². The third kappa shape index (κ3) is 3.57. The summed E-state index contributed by atoms with van der Waals surface area (Å²) >= 11 is 0. The zero-order valence-corrected chi connectivity index (χ0v) is 11.7. The second kappa shape index (κ2) is 5.53. The summed E-state index contributed by atoms with van der Waals surface area (Å²) in [7, 11) is -3.40. The van der Waals surface area contributed by atoms with Crippen molar-refractivity contribution in [3.63, 3.8) is 0 Å². The molecule has 0 atom stereocenters. The molecule has 0 unspecified atom stereocenters. The third-order valence-electron chi connectivity index (χ3n) is 2.64. The number of carbonyl (C=O) groups is 1. The highest BCUT2D eigenvalue weighted by atomic mass is 32.2. The van der Waals surface area contributed by atoms with E-state index in [-0.39, 0.29) is 22.0 Å². The summed E-state index contributed by atoms with van der Waals surface area (Å²) in [6, 6.07) is 8.80. The molecular weight excluding hydrogens is 299 g/mol. The molecule has 0 radical (unpaired) electrons. The van der Waals surface area contributed by atoms with E-state index in [9.17, 15) is 17.6 Å². The summed E-state index contributed by atoms with van der Waals surface area (Å²) in [5, 5.41) is 8.74. The van der Waals surface area contributed by atoms with E-state index in [0.29, 0.717) is 0 Å². The van der Waals surface area contributed by atoms with Crippen LogP contribution in [0.1, 0.15) is 10.4 Å². The average molecular weight is 310 g/mol. The lowest BCUT2D eigenvalue weighted by molar-refractivity contribution is 0.0696. The Morgan fingerprint density at radius 2 is 1.90 bits per heavy atom. The van der Waals surface area contributed by atoms with Crippen LogP contribution in [0, 0.1) is 5.82 Å². The molecule has 0 saturated carbocycles. The van der Waals surface area contributed by atoms with Gasteiger partial charge in [-0.1, -0.05) is 6.07 Å².